The van der Waals surface area contributed by atoms with Gasteiger partial charge in [0.05, 0.1) is 23.0 Å². The summed E-state index contributed by atoms with van der Waals surface area (Å²) in [6.45, 7) is 1.13. The van der Waals surface area contributed by atoms with Gasteiger partial charge < -0.3 is 5.32 Å². The topological polar surface area (TPSA) is 33.1 Å². The van der Waals surface area contributed by atoms with E-state index < -0.39 is 0 Å². The van der Waals surface area contributed by atoms with Crippen LogP contribution in [0.1, 0.15) is 11.7 Å². The SMILES string of the molecule is CNC(c1c(Cl)cnn1C)C1CSCCN1C. The van der Waals surface area contributed by atoms with E-state index in [1.54, 1.807) is 6.20 Å². The number of hydrogen-bond donors (Lipinski definition) is 1. The molecule has 1 fully saturated rings. The number of halogens is 1. The van der Waals surface area contributed by atoms with Crippen LogP contribution in [-0.4, -0.2) is 52.9 Å². The smallest absolute Gasteiger partial charge is 0.0834 e. The minimum atomic E-state index is 0.229. The normalized spacial score (nSPS) is 23.9. The average molecular weight is 275 g/mol. The Kier molecular flexibility index (Phi) is 4.36. The van der Waals surface area contributed by atoms with Gasteiger partial charge in [0.25, 0.3) is 0 Å². The monoisotopic (exact) mass is 274 g/mol. The van der Waals surface area contributed by atoms with Crippen molar-refractivity contribution in [2.45, 2.75) is 12.1 Å². The lowest BCUT2D eigenvalue weighted by Crippen LogP contribution is -2.47. The van der Waals surface area contributed by atoms with Gasteiger partial charge >= 0.3 is 0 Å². The summed E-state index contributed by atoms with van der Waals surface area (Å²) >= 11 is 8.24. The third-order valence-corrected chi connectivity index (χ3v) is 4.71. The highest BCUT2D eigenvalue weighted by molar-refractivity contribution is 7.99. The molecule has 1 saturated heterocycles. The van der Waals surface area contributed by atoms with E-state index in [2.05, 4.69) is 22.4 Å². The minimum absolute atomic E-state index is 0.229. The maximum atomic E-state index is 6.24. The lowest BCUT2D eigenvalue weighted by Gasteiger charge is -2.37. The molecule has 4 nitrogen and oxygen atoms in total. The van der Waals surface area contributed by atoms with Gasteiger partial charge in [0, 0.05) is 31.1 Å². The summed E-state index contributed by atoms with van der Waals surface area (Å²) in [4.78, 5) is 2.40. The molecule has 1 aromatic rings. The van der Waals surface area contributed by atoms with Crippen LogP contribution in [0.5, 0.6) is 0 Å². The number of thioether (sulfide) groups is 1. The molecule has 0 amide bonds. The Bertz CT molecular complexity index is 362. The fraction of sp³-hybridized carbons (Fsp3) is 0.727. The summed E-state index contributed by atoms with van der Waals surface area (Å²) in [5, 5.41) is 8.36. The average Bonchev–Trinajstić information content (AvgIpc) is 2.64. The fourth-order valence-electron chi connectivity index (χ4n) is 2.34. The van der Waals surface area contributed by atoms with Crippen LogP contribution in [-0.2, 0) is 7.05 Å². The first-order valence-corrected chi connectivity index (χ1v) is 7.31. The molecule has 1 N–H and O–H groups in total. The first-order valence-electron chi connectivity index (χ1n) is 5.77. The van der Waals surface area contributed by atoms with E-state index in [9.17, 15) is 0 Å². The van der Waals surface area contributed by atoms with E-state index in [1.165, 1.54) is 5.75 Å². The minimum Gasteiger partial charge on any atom is -0.310 e. The van der Waals surface area contributed by atoms with Gasteiger partial charge in [-0.3, -0.25) is 9.58 Å². The van der Waals surface area contributed by atoms with Crippen molar-refractivity contribution < 1.29 is 0 Å². The van der Waals surface area contributed by atoms with Crippen molar-refractivity contribution in [3.05, 3.63) is 16.9 Å². The Morgan fingerprint density at radius 1 is 1.59 bits per heavy atom. The lowest BCUT2D eigenvalue weighted by molar-refractivity contribution is 0.216. The van der Waals surface area contributed by atoms with E-state index in [1.807, 2.05) is 30.5 Å². The van der Waals surface area contributed by atoms with Gasteiger partial charge in [-0.2, -0.15) is 16.9 Å². The van der Waals surface area contributed by atoms with Gasteiger partial charge in [-0.15, -0.1) is 0 Å². The van der Waals surface area contributed by atoms with Crippen molar-refractivity contribution in [2.24, 2.45) is 7.05 Å². The number of nitrogens with zero attached hydrogens (tertiary/aromatic N) is 3. The molecular formula is C11H19ClN4S. The molecule has 0 aromatic carbocycles. The van der Waals surface area contributed by atoms with Crippen LogP contribution in [0.2, 0.25) is 5.02 Å². The predicted octanol–water partition coefficient (Wildman–Crippen LogP) is 1.38. The molecule has 0 bridgehead atoms. The van der Waals surface area contributed by atoms with Gasteiger partial charge in [-0.25, -0.2) is 0 Å². The standard InChI is InChI=1S/C11H19ClN4S/c1-13-10(9-7-17-5-4-15(9)2)11-8(12)6-14-16(11)3/h6,9-10,13H,4-5,7H2,1-3H3. The Balaban J connectivity index is 2.26. The summed E-state index contributed by atoms with van der Waals surface area (Å²) < 4.78 is 1.87. The number of aromatic nitrogens is 2. The molecular weight excluding hydrogens is 256 g/mol. The van der Waals surface area contributed by atoms with E-state index in [4.69, 9.17) is 11.6 Å². The first kappa shape index (κ1) is 13.2. The Labute approximate surface area is 112 Å². The highest BCUT2D eigenvalue weighted by atomic mass is 35.5. The highest BCUT2D eigenvalue weighted by Gasteiger charge is 2.31. The zero-order valence-corrected chi connectivity index (χ0v) is 12.1. The molecule has 0 spiro atoms. The van der Waals surface area contributed by atoms with Crippen LogP contribution in [0.4, 0.5) is 0 Å². The Morgan fingerprint density at radius 3 is 2.88 bits per heavy atom. The summed E-state index contributed by atoms with van der Waals surface area (Å²) in [5.74, 6) is 2.34. The van der Waals surface area contributed by atoms with Crippen molar-refractivity contribution in [1.82, 2.24) is 20.0 Å². The summed E-state index contributed by atoms with van der Waals surface area (Å²) in [6, 6.07) is 0.694. The van der Waals surface area contributed by atoms with Crippen LogP contribution in [0.25, 0.3) is 0 Å². The molecule has 0 saturated carbocycles. The van der Waals surface area contributed by atoms with E-state index in [0.29, 0.717) is 6.04 Å². The lowest BCUT2D eigenvalue weighted by atomic mass is 10.0. The van der Waals surface area contributed by atoms with Gasteiger partial charge in [0.2, 0.25) is 0 Å². The summed E-state index contributed by atoms with van der Waals surface area (Å²) in [6.07, 6.45) is 1.72. The third-order valence-electron chi connectivity index (χ3n) is 3.37. The van der Waals surface area contributed by atoms with Crippen LogP contribution >= 0.6 is 23.4 Å². The number of hydrogen-bond acceptors (Lipinski definition) is 4. The van der Waals surface area contributed by atoms with Crippen molar-refractivity contribution in [1.29, 1.82) is 0 Å². The van der Waals surface area contributed by atoms with E-state index in [-0.39, 0.29) is 6.04 Å². The summed E-state index contributed by atoms with van der Waals surface area (Å²) in [7, 11) is 6.11. The zero-order valence-electron chi connectivity index (χ0n) is 10.5. The molecule has 2 atom stereocenters. The van der Waals surface area contributed by atoms with Crippen molar-refractivity contribution >= 4 is 23.4 Å². The maximum absolute atomic E-state index is 6.24. The Hall–Kier alpha value is -0.230. The molecule has 17 heavy (non-hydrogen) atoms. The molecule has 2 unspecified atom stereocenters. The van der Waals surface area contributed by atoms with Crippen molar-refractivity contribution in [3.8, 4) is 0 Å². The van der Waals surface area contributed by atoms with Crippen molar-refractivity contribution in [3.63, 3.8) is 0 Å². The molecule has 1 aliphatic rings. The number of nitrogens with one attached hydrogen (secondary N) is 1. The van der Waals surface area contributed by atoms with Crippen LogP contribution in [0.3, 0.4) is 0 Å². The van der Waals surface area contributed by atoms with Gasteiger partial charge in [0.15, 0.2) is 0 Å². The van der Waals surface area contributed by atoms with Crippen LogP contribution in [0.15, 0.2) is 6.20 Å². The molecule has 0 radical (unpaired) electrons. The highest BCUT2D eigenvalue weighted by Crippen LogP contribution is 2.30. The van der Waals surface area contributed by atoms with Crippen LogP contribution < -0.4 is 5.32 Å². The van der Waals surface area contributed by atoms with E-state index in [0.717, 1.165) is 23.0 Å². The largest absolute Gasteiger partial charge is 0.310 e. The third kappa shape index (κ3) is 2.62. The molecule has 96 valence electrons. The van der Waals surface area contributed by atoms with Crippen molar-refractivity contribution in [2.75, 3.05) is 32.1 Å². The molecule has 2 rings (SSSR count). The predicted molar refractivity (Wildman–Crippen MR) is 73.8 cm³/mol. The van der Waals surface area contributed by atoms with Gasteiger partial charge in [-0.1, -0.05) is 11.6 Å². The molecule has 1 aromatic heterocycles. The first-order chi connectivity index (χ1) is 8.15. The quantitative estimate of drug-likeness (QED) is 0.903. The van der Waals surface area contributed by atoms with Gasteiger partial charge in [0.1, 0.15) is 0 Å². The van der Waals surface area contributed by atoms with E-state index >= 15 is 0 Å². The fourth-order valence-corrected chi connectivity index (χ4v) is 3.89. The summed E-state index contributed by atoms with van der Waals surface area (Å²) in [5.41, 5.74) is 1.08. The second kappa shape index (κ2) is 5.61. The number of rotatable bonds is 3. The molecule has 6 heteroatoms. The molecule has 0 aliphatic carbocycles. The second-order valence-electron chi connectivity index (χ2n) is 4.39. The zero-order chi connectivity index (χ0) is 12.4. The molecule has 1 aliphatic heterocycles. The number of likely N-dealkylation sites (N-methyl/N-ethyl adjacent to an activating group) is 2. The Morgan fingerprint density at radius 2 is 2.35 bits per heavy atom. The number of aryl methyl sites for hydroxylation is 1. The van der Waals surface area contributed by atoms with Crippen LogP contribution in [0, 0.1) is 0 Å². The van der Waals surface area contributed by atoms with Gasteiger partial charge in [-0.05, 0) is 14.1 Å². The molecule has 2 heterocycles. The maximum Gasteiger partial charge on any atom is 0.0834 e. The second-order valence-corrected chi connectivity index (χ2v) is 5.95.